The molecule has 0 radical (unpaired) electrons. The molecule has 1 aliphatic rings. The molecule has 0 aliphatic carbocycles. The molecule has 2 heterocycles. The van der Waals surface area contributed by atoms with E-state index in [1.54, 1.807) is 36.4 Å². The van der Waals surface area contributed by atoms with Crippen LogP contribution in [0.15, 0.2) is 54.7 Å². The predicted molar refractivity (Wildman–Crippen MR) is 132 cm³/mol. The fraction of sp³-hybridized carbons (Fsp3) is 0.259. The molecule has 1 aromatic heterocycles. The highest BCUT2D eigenvalue weighted by Crippen LogP contribution is 2.32. The van der Waals surface area contributed by atoms with E-state index in [0.29, 0.717) is 42.5 Å². The van der Waals surface area contributed by atoms with E-state index in [1.807, 2.05) is 12.1 Å². The first-order valence-electron chi connectivity index (χ1n) is 11.6. The van der Waals surface area contributed by atoms with Crippen molar-refractivity contribution in [2.45, 2.75) is 24.9 Å². The number of likely N-dealkylation sites (tertiary alicyclic amines) is 1. The van der Waals surface area contributed by atoms with Crippen LogP contribution in [-0.4, -0.2) is 52.2 Å². The van der Waals surface area contributed by atoms with Gasteiger partial charge in [0.05, 0.1) is 13.5 Å². The van der Waals surface area contributed by atoms with Gasteiger partial charge in [0.25, 0.3) is 0 Å². The van der Waals surface area contributed by atoms with Gasteiger partial charge in [-0.05, 0) is 41.7 Å². The number of esters is 1. The van der Waals surface area contributed by atoms with E-state index >= 15 is 0 Å². The number of nitrogens with one attached hydrogen (secondary N) is 1. The second kappa shape index (κ2) is 11.2. The first kappa shape index (κ1) is 26.5. The molecule has 3 aromatic rings. The largest absolute Gasteiger partial charge is 0.469 e. The standard InChI is InChI=1S/C27H23F3N4O4/c1-38-24(35)14-19-5-3-2-4-17(19)8-11-23-22(27(28,29)30)15-31-25(33-23)32-21-9-6-18(7-10-21)20-12-13-34(16-20)26(36)37/h2-7,9-10,15,20H,12-14,16H2,1H3,(H,36,37)(H,31,32,33). The number of benzene rings is 2. The van der Waals surface area contributed by atoms with Crippen molar-refractivity contribution in [3.8, 4) is 11.8 Å². The summed E-state index contributed by atoms with van der Waals surface area (Å²) >= 11 is 0. The van der Waals surface area contributed by atoms with E-state index in [2.05, 4.69) is 31.9 Å². The summed E-state index contributed by atoms with van der Waals surface area (Å²) in [4.78, 5) is 32.0. The third kappa shape index (κ3) is 6.39. The molecule has 196 valence electrons. The monoisotopic (exact) mass is 524 g/mol. The molecule has 1 saturated heterocycles. The Bertz CT molecular complexity index is 1400. The molecular weight excluding hydrogens is 501 g/mol. The maximum Gasteiger partial charge on any atom is 0.420 e. The molecule has 11 heteroatoms. The van der Waals surface area contributed by atoms with Gasteiger partial charge in [-0.3, -0.25) is 4.79 Å². The molecule has 1 aliphatic heterocycles. The minimum absolute atomic E-state index is 0.0733. The SMILES string of the molecule is COC(=O)Cc1ccccc1C#Cc1nc(Nc2ccc(C3CCN(C(=O)O)C3)cc2)ncc1C(F)(F)F. The summed E-state index contributed by atoms with van der Waals surface area (Å²) in [5.74, 6) is 4.68. The highest BCUT2D eigenvalue weighted by atomic mass is 19.4. The first-order chi connectivity index (χ1) is 18.1. The Morgan fingerprint density at radius 3 is 2.55 bits per heavy atom. The molecule has 1 atom stereocenters. The van der Waals surface area contributed by atoms with Gasteiger partial charge in [0.15, 0.2) is 0 Å². The lowest BCUT2D eigenvalue weighted by Crippen LogP contribution is -2.26. The molecule has 38 heavy (non-hydrogen) atoms. The number of methoxy groups -OCH3 is 1. The average Bonchev–Trinajstić information content (AvgIpc) is 3.39. The van der Waals surface area contributed by atoms with Gasteiger partial charge in [0.2, 0.25) is 5.95 Å². The fourth-order valence-electron chi connectivity index (χ4n) is 4.07. The second-order valence-electron chi connectivity index (χ2n) is 8.57. The Morgan fingerprint density at radius 2 is 1.89 bits per heavy atom. The molecule has 8 nitrogen and oxygen atoms in total. The minimum atomic E-state index is -4.72. The van der Waals surface area contributed by atoms with Crippen molar-refractivity contribution in [2.75, 3.05) is 25.5 Å². The van der Waals surface area contributed by atoms with Crippen LogP contribution in [0.2, 0.25) is 0 Å². The second-order valence-corrected chi connectivity index (χ2v) is 8.57. The summed E-state index contributed by atoms with van der Waals surface area (Å²) in [7, 11) is 1.25. The third-order valence-corrected chi connectivity index (χ3v) is 6.09. The van der Waals surface area contributed by atoms with E-state index in [1.165, 1.54) is 12.0 Å². The topological polar surface area (TPSA) is 105 Å². The summed E-state index contributed by atoms with van der Waals surface area (Å²) < 4.78 is 45.6. The Balaban J connectivity index is 1.57. The maximum atomic E-state index is 13.6. The molecule has 1 unspecified atom stereocenters. The number of ether oxygens (including phenoxy) is 1. The van der Waals surface area contributed by atoms with E-state index < -0.39 is 29.5 Å². The Labute approximate surface area is 216 Å². The lowest BCUT2D eigenvalue weighted by molar-refractivity contribution is -0.140. The minimum Gasteiger partial charge on any atom is -0.469 e. The van der Waals surface area contributed by atoms with E-state index in [-0.39, 0.29) is 18.3 Å². The molecule has 1 fully saturated rings. The van der Waals surface area contributed by atoms with E-state index in [0.717, 1.165) is 5.56 Å². The van der Waals surface area contributed by atoms with Crippen LogP contribution >= 0.6 is 0 Å². The first-order valence-corrected chi connectivity index (χ1v) is 11.6. The summed E-state index contributed by atoms with van der Waals surface area (Å²) in [6, 6.07) is 13.7. The molecule has 0 saturated carbocycles. The number of carbonyl (C=O) groups is 2. The number of aromatic nitrogens is 2. The number of nitrogens with zero attached hydrogens (tertiary/aromatic N) is 3. The van der Waals surface area contributed by atoms with Gasteiger partial charge in [0, 0.05) is 36.5 Å². The van der Waals surface area contributed by atoms with E-state index in [9.17, 15) is 22.8 Å². The number of carbonyl (C=O) groups excluding carboxylic acids is 1. The van der Waals surface area contributed by atoms with Crippen molar-refractivity contribution < 1.29 is 32.6 Å². The summed E-state index contributed by atoms with van der Waals surface area (Å²) in [6.07, 6.45) is -4.36. The number of hydrogen-bond acceptors (Lipinski definition) is 6. The smallest absolute Gasteiger partial charge is 0.420 e. The number of alkyl halides is 3. The van der Waals surface area contributed by atoms with Gasteiger partial charge in [-0.1, -0.05) is 36.3 Å². The van der Waals surface area contributed by atoms with Gasteiger partial charge in [-0.15, -0.1) is 0 Å². The Morgan fingerprint density at radius 1 is 1.16 bits per heavy atom. The number of rotatable bonds is 5. The number of halogens is 3. The molecule has 2 aromatic carbocycles. The van der Waals surface area contributed by atoms with Crippen molar-refractivity contribution in [3.05, 3.63) is 82.7 Å². The zero-order valence-electron chi connectivity index (χ0n) is 20.2. The molecule has 4 rings (SSSR count). The highest BCUT2D eigenvalue weighted by Gasteiger charge is 2.35. The van der Waals surface area contributed by atoms with Gasteiger partial charge >= 0.3 is 18.2 Å². The van der Waals surface area contributed by atoms with Gasteiger partial charge in [0.1, 0.15) is 11.3 Å². The summed E-state index contributed by atoms with van der Waals surface area (Å²) in [5.41, 5.74) is 0.804. The maximum absolute atomic E-state index is 13.6. The van der Waals surface area contributed by atoms with Crippen molar-refractivity contribution in [1.29, 1.82) is 0 Å². The van der Waals surface area contributed by atoms with Crippen LogP contribution in [0.4, 0.5) is 29.6 Å². The lowest BCUT2D eigenvalue weighted by atomic mass is 9.98. The fourth-order valence-corrected chi connectivity index (χ4v) is 4.07. The van der Waals surface area contributed by atoms with Crippen LogP contribution in [-0.2, 0) is 22.1 Å². The van der Waals surface area contributed by atoms with Crippen LogP contribution in [0.25, 0.3) is 0 Å². The number of hydrogen-bond donors (Lipinski definition) is 2. The number of anilines is 2. The quantitative estimate of drug-likeness (QED) is 0.364. The number of amides is 1. The Hall–Kier alpha value is -4.59. The zero-order chi connectivity index (χ0) is 27.3. The van der Waals surface area contributed by atoms with Gasteiger partial charge in [-0.25, -0.2) is 14.8 Å². The Kier molecular flexibility index (Phi) is 7.81. The molecule has 1 amide bonds. The number of carboxylic acid groups (broad SMARTS) is 1. The normalized spacial score (nSPS) is 14.9. The molecule has 2 N–H and O–H groups in total. The van der Waals surface area contributed by atoms with Crippen molar-refractivity contribution >= 4 is 23.7 Å². The predicted octanol–water partition coefficient (Wildman–Crippen LogP) is 4.82. The van der Waals surface area contributed by atoms with Gasteiger partial charge in [-0.2, -0.15) is 13.2 Å². The highest BCUT2D eigenvalue weighted by molar-refractivity contribution is 5.73. The average molecular weight is 524 g/mol. The molecular formula is C27H23F3N4O4. The van der Waals surface area contributed by atoms with Crippen molar-refractivity contribution in [3.63, 3.8) is 0 Å². The van der Waals surface area contributed by atoms with Gasteiger partial charge < -0.3 is 20.1 Å². The van der Waals surface area contributed by atoms with Crippen LogP contribution in [0.3, 0.4) is 0 Å². The lowest BCUT2D eigenvalue weighted by Gasteiger charge is -2.13. The van der Waals surface area contributed by atoms with Crippen molar-refractivity contribution in [2.24, 2.45) is 0 Å². The molecule has 0 bridgehead atoms. The third-order valence-electron chi connectivity index (χ3n) is 6.09. The van der Waals surface area contributed by atoms with Crippen molar-refractivity contribution in [1.82, 2.24) is 14.9 Å². The van der Waals surface area contributed by atoms with Crippen LogP contribution in [0, 0.1) is 11.8 Å². The summed E-state index contributed by atoms with van der Waals surface area (Å²) in [5, 5.41) is 12.0. The van der Waals surface area contributed by atoms with Crippen LogP contribution < -0.4 is 5.32 Å². The summed E-state index contributed by atoms with van der Waals surface area (Å²) in [6.45, 7) is 0.880. The van der Waals surface area contributed by atoms with E-state index in [4.69, 9.17) is 5.11 Å². The zero-order valence-corrected chi connectivity index (χ0v) is 20.2. The van der Waals surface area contributed by atoms with Crippen LogP contribution in [0.1, 0.15) is 40.3 Å². The van der Waals surface area contributed by atoms with Crippen LogP contribution in [0.5, 0.6) is 0 Å². The molecule has 0 spiro atoms.